The van der Waals surface area contributed by atoms with Gasteiger partial charge in [0.05, 0.1) is 0 Å². The van der Waals surface area contributed by atoms with Gasteiger partial charge in [-0.2, -0.15) is 0 Å². The Morgan fingerprint density at radius 3 is 2.72 bits per heavy atom. The molecule has 1 saturated heterocycles. The number of nitrogens with one attached hydrogen (secondary N) is 1. The van der Waals surface area contributed by atoms with Crippen LogP contribution in [0.5, 0.6) is 0 Å². The Morgan fingerprint density at radius 1 is 1.08 bits per heavy atom. The van der Waals surface area contributed by atoms with E-state index < -0.39 is 0 Å². The first-order chi connectivity index (χ1) is 12.2. The van der Waals surface area contributed by atoms with E-state index in [1.165, 1.54) is 22.3 Å². The van der Waals surface area contributed by atoms with Crippen molar-refractivity contribution in [2.45, 2.75) is 6.54 Å². The molecule has 3 aromatic rings. The number of hydrogen-bond donors (Lipinski definition) is 1. The van der Waals surface area contributed by atoms with E-state index in [-0.39, 0.29) is 0 Å². The molecule has 1 N–H and O–H groups in total. The van der Waals surface area contributed by atoms with Gasteiger partial charge in [-0.25, -0.2) is 4.98 Å². The SMILES string of the molecule is CN(C)c1cccc(N2CCN(Cc3c[nH]c4ncccc34)CC2)c1. The summed E-state index contributed by atoms with van der Waals surface area (Å²) in [5, 5.41) is 1.24. The zero-order valence-corrected chi connectivity index (χ0v) is 14.9. The van der Waals surface area contributed by atoms with Crippen LogP contribution in [0.2, 0.25) is 0 Å². The van der Waals surface area contributed by atoms with Crippen LogP contribution in [-0.2, 0) is 6.54 Å². The highest BCUT2D eigenvalue weighted by molar-refractivity contribution is 5.79. The van der Waals surface area contributed by atoms with Crippen LogP contribution in [0.3, 0.4) is 0 Å². The monoisotopic (exact) mass is 335 g/mol. The lowest BCUT2D eigenvalue weighted by atomic mass is 10.2. The lowest BCUT2D eigenvalue weighted by Gasteiger charge is -2.36. The fourth-order valence-corrected chi connectivity index (χ4v) is 3.52. The Balaban J connectivity index is 1.41. The first-order valence-corrected chi connectivity index (χ1v) is 8.86. The van der Waals surface area contributed by atoms with Crippen molar-refractivity contribution in [3.05, 3.63) is 54.4 Å². The number of piperazine rings is 1. The Labute approximate surface area is 148 Å². The van der Waals surface area contributed by atoms with E-state index in [0.29, 0.717) is 0 Å². The molecule has 1 aliphatic heterocycles. The zero-order valence-electron chi connectivity index (χ0n) is 14.9. The van der Waals surface area contributed by atoms with Crippen LogP contribution in [0.1, 0.15) is 5.56 Å². The Kier molecular flexibility index (Phi) is 4.32. The third kappa shape index (κ3) is 3.33. The molecule has 5 nitrogen and oxygen atoms in total. The van der Waals surface area contributed by atoms with Gasteiger partial charge < -0.3 is 14.8 Å². The van der Waals surface area contributed by atoms with Crippen molar-refractivity contribution in [2.75, 3.05) is 50.1 Å². The van der Waals surface area contributed by atoms with Gasteiger partial charge in [-0.3, -0.25) is 4.90 Å². The van der Waals surface area contributed by atoms with Crippen LogP contribution in [-0.4, -0.2) is 55.1 Å². The van der Waals surface area contributed by atoms with Gasteiger partial charge in [0.1, 0.15) is 5.65 Å². The number of H-pyrrole nitrogens is 1. The molecule has 25 heavy (non-hydrogen) atoms. The van der Waals surface area contributed by atoms with Crippen molar-refractivity contribution in [3.63, 3.8) is 0 Å². The van der Waals surface area contributed by atoms with Crippen molar-refractivity contribution in [2.24, 2.45) is 0 Å². The van der Waals surface area contributed by atoms with Crippen LogP contribution in [0.25, 0.3) is 11.0 Å². The molecule has 130 valence electrons. The average Bonchev–Trinajstić information content (AvgIpc) is 3.05. The van der Waals surface area contributed by atoms with Gasteiger partial charge >= 0.3 is 0 Å². The summed E-state index contributed by atoms with van der Waals surface area (Å²) in [6, 6.07) is 13.0. The third-order valence-electron chi connectivity index (χ3n) is 5.01. The Morgan fingerprint density at radius 2 is 1.92 bits per heavy atom. The molecular weight excluding hydrogens is 310 g/mol. The van der Waals surface area contributed by atoms with E-state index in [9.17, 15) is 0 Å². The molecule has 0 unspecified atom stereocenters. The molecule has 1 aliphatic rings. The van der Waals surface area contributed by atoms with Gasteiger partial charge in [-0.1, -0.05) is 6.07 Å². The molecule has 1 fully saturated rings. The van der Waals surface area contributed by atoms with Gasteiger partial charge in [-0.15, -0.1) is 0 Å². The average molecular weight is 335 g/mol. The standard InChI is InChI=1S/C20H25N5/c1-23(2)17-5-3-6-18(13-17)25-11-9-24(10-12-25)15-16-14-22-20-19(16)7-4-8-21-20/h3-8,13-14H,9-12,15H2,1-2H3,(H,21,22). The quantitative estimate of drug-likeness (QED) is 0.796. The predicted octanol–water partition coefficient (Wildman–Crippen LogP) is 2.95. The van der Waals surface area contributed by atoms with E-state index in [1.807, 2.05) is 12.3 Å². The van der Waals surface area contributed by atoms with Gasteiger partial charge in [0.15, 0.2) is 0 Å². The maximum Gasteiger partial charge on any atom is 0.137 e. The van der Waals surface area contributed by atoms with Crippen LogP contribution in [0.4, 0.5) is 11.4 Å². The lowest BCUT2D eigenvalue weighted by molar-refractivity contribution is 0.250. The number of fused-ring (bicyclic) bond motifs is 1. The van der Waals surface area contributed by atoms with Crippen molar-refractivity contribution in [1.29, 1.82) is 0 Å². The fourth-order valence-electron chi connectivity index (χ4n) is 3.52. The number of anilines is 2. The van der Waals surface area contributed by atoms with Gasteiger partial charge in [0.25, 0.3) is 0 Å². The fraction of sp³-hybridized carbons (Fsp3) is 0.350. The molecule has 0 aliphatic carbocycles. The molecule has 0 bridgehead atoms. The molecule has 0 spiro atoms. The summed E-state index contributed by atoms with van der Waals surface area (Å²) >= 11 is 0. The minimum atomic E-state index is 0.983. The molecule has 4 rings (SSSR count). The van der Waals surface area contributed by atoms with E-state index in [4.69, 9.17) is 0 Å². The van der Waals surface area contributed by atoms with Gasteiger partial charge in [-0.05, 0) is 35.9 Å². The van der Waals surface area contributed by atoms with Gasteiger partial charge in [0.2, 0.25) is 0 Å². The molecule has 0 amide bonds. The number of pyridine rings is 1. The number of aromatic nitrogens is 2. The summed E-state index contributed by atoms with van der Waals surface area (Å²) in [5.74, 6) is 0. The van der Waals surface area contributed by atoms with Gasteiger partial charge in [0, 0.05) is 76.0 Å². The third-order valence-corrected chi connectivity index (χ3v) is 5.01. The summed E-state index contributed by atoms with van der Waals surface area (Å²) in [6.45, 7) is 5.28. The first-order valence-electron chi connectivity index (χ1n) is 8.86. The number of aromatic amines is 1. The molecular formula is C20H25N5. The van der Waals surface area contributed by atoms with Crippen molar-refractivity contribution in [1.82, 2.24) is 14.9 Å². The van der Waals surface area contributed by atoms with E-state index in [1.54, 1.807) is 0 Å². The summed E-state index contributed by atoms with van der Waals surface area (Å²) in [4.78, 5) is 14.8. The van der Waals surface area contributed by atoms with Crippen LogP contribution >= 0.6 is 0 Å². The maximum atomic E-state index is 4.38. The molecule has 0 saturated carbocycles. The topological polar surface area (TPSA) is 38.4 Å². The highest BCUT2D eigenvalue weighted by Crippen LogP contribution is 2.23. The second-order valence-corrected chi connectivity index (χ2v) is 6.89. The van der Waals surface area contributed by atoms with E-state index >= 15 is 0 Å². The van der Waals surface area contributed by atoms with Crippen molar-refractivity contribution in [3.8, 4) is 0 Å². The van der Waals surface area contributed by atoms with Crippen molar-refractivity contribution < 1.29 is 0 Å². The predicted molar refractivity (Wildman–Crippen MR) is 104 cm³/mol. The normalized spacial score (nSPS) is 15.7. The molecule has 5 heteroatoms. The second-order valence-electron chi connectivity index (χ2n) is 6.89. The lowest BCUT2D eigenvalue weighted by Crippen LogP contribution is -2.46. The number of hydrogen-bond acceptors (Lipinski definition) is 4. The summed E-state index contributed by atoms with van der Waals surface area (Å²) in [7, 11) is 4.18. The summed E-state index contributed by atoms with van der Waals surface area (Å²) in [5.41, 5.74) is 4.90. The molecule has 0 radical (unpaired) electrons. The van der Waals surface area contributed by atoms with Crippen molar-refractivity contribution >= 4 is 22.4 Å². The zero-order chi connectivity index (χ0) is 17.2. The molecule has 0 atom stereocenters. The number of benzene rings is 1. The number of nitrogens with zero attached hydrogens (tertiary/aromatic N) is 4. The Bertz CT molecular complexity index is 846. The van der Waals surface area contributed by atoms with E-state index in [2.05, 4.69) is 75.3 Å². The smallest absolute Gasteiger partial charge is 0.137 e. The highest BCUT2D eigenvalue weighted by atomic mass is 15.3. The largest absolute Gasteiger partial charge is 0.378 e. The maximum absolute atomic E-state index is 4.38. The van der Waals surface area contributed by atoms with Crippen LogP contribution < -0.4 is 9.80 Å². The second kappa shape index (κ2) is 6.76. The summed E-state index contributed by atoms with van der Waals surface area (Å²) in [6.07, 6.45) is 3.94. The molecule has 2 aromatic heterocycles. The summed E-state index contributed by atoms with van der Waals surface area (Å²) < 4.78 is 0. The highest BCUT2D eigenvalue weighted by Gasteiger charge is 2.18. The minimum absolute atomic E-state index is 0.983. The number of rotatable bonds is 4. The van der Waals surface area contributed by atoms with E-state index in [0.717, 1.165) is 38.4 Å². The minimum Gasteiger partial charge on any atom is -0.378 e. The Hall–Kier alpha value is -2.53. The van der Waals surface area contributed by atoms with Crippen LogP contribution in [0, 0.1) is 0 Å². The first kappa shape index (κ1) is 16.0. The molecule has 3 heterocycles. The molecule has 1 aromatic carbocycles. The van der Waals surface area contributed by atoms with Crippen LogP contribution in [0.15, 0.2) is 48.8 Å².